The topological polar surface area (TPSA) is 116 Å². The second-order valence-corrected chi connectivity index (χ2v) is 8.03. The molecule has 0 heterocycles. The molecule has 3 aromatic carbocycles. The van der Waals surface area contributed by atoms with Crippen LogP contribution in [0.15, 0.2) is 77.7 Å². The molecule has 0 fully saturated rings. The van der Waals surface area contributed by atoms with Crippen molar-refractivity contribution in [2.24, 2.45) is 0 Å². The van der Waals surface area contributed by atoms with E-state index in [2.05, 4.69) is 20.7 Å². The number of urea groups is 1. The molecule has 0 aliphatic heterocycles. The van der Waals surface area contributed by atoms with E-state index < -0.39 is 21.7 Å². The van der Waals surface area contributed by atoms with Gasteiger partial charge in [-0.3, -0.25) is 9.52 Å². The summed E-state index contributed by atoms with van der Waals surface area (Å²) in [7, 11) is -2.61. The molecular formula is C21H19FN4O4S. The van der Waals surface area contributed by atoms with Gasteiger partial charge >= 0.3 is 6.03 Å². The van der Waals surface area contributed by atoms with Gasteiger partial charge in [-0.05, 0) is 54.6 Å². The molecule has 0 aliphatic rings. The van der Waals surface area contributed by atoms with Crippen LogP contribution in [0.1, 0.15) is 10.4 Å². The molecule has 3 aromatic rings. The number of halogens is 1. The third kappa shape index (κ3) is 5.58. The molecule has 31 heavy (non-hydrogen) atoms. The minimum absolute atomic E-state index is 0.101. The van der Waals surface area contributed by atoms with E-state index >= 15 is 0 Å². The van der Waals surface area contributed by atoms with E-state index in [-0.39, 0.29) is 22.2 Å². The first-order chi connectivity index (χ1) is 14.8. The first kappa shape index (κ1) is 21.8. The van der Waals surface area contributed by atoms with Crippen LogP contribution in [0.3, 0.4) is 0 Å². The van der Waals surface area contributed by atoms with Gasteiger partial charge in [0.2, 0.25) is 0 Å². The molecule has 0 unspecified atom stereocenters. The number of hydrogen-bond donors (Lipinski definition) is 4. The van der Waals surface area contributed by atoms with Crippen LogP contribution in [-0.2, 0) is 10.0 Å². The number of carbonyl (C=O) groups is 2. The van der Waals surface area contributed by atoms with Crippen molar-refractivity contribution in [2.45, 2.75) is 4.90 Å². The number of rotatable bonds is 6. The van der Waals surface area contributed by atoms with E-state index in [0.29, 0.717) is 11.4 Å². The number of carbonyl (C=O) groups excluding carboxylic acids is 2. The number of anilines is 3. The maximum absolute atomic E-state index is 13.8. The Balaban J connectivity index is 1.74. The normalized spacial score (nSPS) is 10.8. The van der Waals surface area contributed by atoms with Crippen LogP contribution in [0.4, 0.5) is 26.2 Å². The number of sulfonamides is 1. The van der Waals surface area contributed by atoms with Crippen molar-refractivity contribution in [2.75, 3.05) is 22.4 Å². The van der Waals surface area contributed by atoms with Gasteiger partial charge in [0.25, 0.3) is 15.9 Å². The van der Waals surface area contributed by atoms with E-state index in [1.807, 2.05) is 0 Å². The third-order valence-electron chi connectivity index (χ3n) is 4.15. The second-order valence-electron chi connectivity index (χ2n) is 6.35. The van der Waals surface area contributed by atoms with Crippen LogP contribution in [0, 0.1) is 5.82 Å². The summed E-state index contributed by atoms with van der Waals surface area (Å²) in [4.78, 5) is 23.7. The van der Waals surface area contributed by atoms with Crippen molar-refractivity contribution in [1.82, 2.24) is 5.32 Å². The lowest BCUT2D eigenvalue weighted by Crippen LogP contribution is -2.24. The summed E-state index contributed by atoms with van der Waals surface area (Å²) in [6.07, 6.45) is 0. The van der Waals surface area contributed by atoms with E-state index in [4.69, 9.17) is 0 Å². The largest absolute Gasteiger partial charge is 0.341 e. The maximum Gasteiger partial charge on any atom is 0.318 e. The molecule has 0 spiro atoms. The fraction of sp³-hybridized carbons (Fsp3) is 0.0476. The van der Waals surface area contributed by atoms with Crippen molar-refractivity contribution >= 4 is 39.0 Å². The van der Waals surface area contributed by atoms with Gasteiger partial charge in [0.05, 0.1) is 10.6 Å². The molecule has 0 bridgehead atoms. The molecule has 3 amide bonds. The Labute approximate surface area is 178 Å². The Bertz CT molecular complexity index is 1210. The minimum atomic E-state index is -4.10. The lowest BCUT2D eigenvalue weighted by Gasteiger charge is -2.11. The Morgan fingerprint density at radius 2 is 1.48 bits per heavy atom. The van der Waals surface area contributed by atoms with Gasteiger partial charge in [0.15, 0.2) is 0 Å². The molecule has 0 saturated carbocycles. The molecule has 10 heteroatoms. The predicted molar refractivity (Wildman–Crippen MR) is 116 cm³/mol. The van der Waals surface area contributed by atoms with E-state index in [9.17, 15) is 22.4 Å². The molecule has 160 valence electrons. The average Bonchev–Trinajstić information content (AvgIpc) is 2.76. The van der Waals surface area contributed by atoms with Gasteiger partial charge in [-0.2, -0.15) is 0 Å². The Morgan fingerprint density at radius 3 is 2.13 bits per heavy atom. The number of hydrogen-bond acceptors (Lipinski definition) is 4. The number of para-hydroxylation sites is 1. The average molecular weight is 442 g/mol. The third-order valence-corrected chi connectivity index (χ3v) is 5.52. The second kappa shape index (κ2) is 9.26. The van der Waals surface area contributed by atoms with Crippen LogP contribution in [0.5, 0.6) is 0 Å². The highest BCUT2D eigenvalue weighted by Gasteiger charge is 2.18. The Hall–Kier alpha value is -3.92. The molecule has 0 saturated heterocycles. The van der Waals surface area contributed by atoms with Gasteiger partial charge in [-0.15, -0.1) is 0 Å². The van der Waals surface area contributed by atoms with Crippen LogP contribution in [-0.4, -0.2) is 27.4 Å². The number of amides is 3. The van der Waals surface area contributed by atoms with Crippen LogP contribution in [0.2, 0.25) is 0 Å². The summed E-state index contributed by atoms with van der Waals surface area (Å²) in [5, 5.41) is 7.66. The molecule has 8 nitrogen and oxygen atoms in total. The van der Waals surface area contributed by atoms with Crippen molar-refractivity contribution in [3.8, 4) is 0 Å². The van der Waals surface area contributed by atoms with Crippen molar-refractivity contribution < 1.29 is 22.4 Å². The summed E-state index contributed by atoms with van der Waals surface area (Å²) < 4.78 is 41.1. The Kier molecular flexibility index (Phi) is 6.51. The molecule has 3 rings (SSSR count). The van der Waals surface area contributed by atoms with Crippen LogP contribution in [0.25, 0.3) is 0 Å². The summed E-state index contributed by atoms with van der Waals surface area (Å²) in [5.74, 6) is -1.25. The van der Waals surface area contributed by atoms with Gasteiger partial charge in [0, 0.05) is 24.0 Å². The highest BCUT2D eigenvalue weighted by molar-refractivity contribution is 7.92. The molecule has 0 atom stereocenters. The number of nitrogens with one attached hydrogen (secondary N) is 4. The zero-order valence-corrected chi connectivity index (χ0v) is 17.2. The molecule has 0 radical (unpaired) electrons. The lowest BCUT2D eigenvalue weighted by molar-refractivity contribution is 0.102. The minimum Gasteiger partial charge on any atom is -0.341 e. The van der Waals surface area contributed by atoms with Gasteiger partial charge < -0.3 is 16.0 Å². The summed E-state index contributed by atoms with van der Waals surface area (Å²) in [5.41, 5.74) is 0.890. The molecule has 4 N–H and O–H groups in total. The van der Waals surface area contributed by atoms with E-state index in [1.165, 1.54) is 49.5 Å². The Morgan fingerprint density at radius 1 is 0.839 bits per heavy atom. The SMILES string of the molecule is CNC(=O)Nc1ccc(NC(=O)c2cccc(S(=O)(=O)Nc3ccccc3F)c2)cc1. The first-order valence-electron chi connectivity index (χ1n) is 9.06. The highest BCUT2D eigenvalue weighted by Crippen LogP contribution is 2.20. The van der Waals surface area contributed by atoms with E-state index in [0.717, 1.165) is 6.07 Å². The van der Waals surface area contributed by atoms with Gasteiger partial charge in [0.1, 0.15) is 5.82 Å². The molecule has 0 aliphatic carbocycles. The summed E-state index contributed by atoms with van der Waals surface area (Å²) >= 11 is 0. The molecule has 0 aromatic heterocycles. The van der Waals surface area contributed by atoms with Gasteiger partial charge in [-0.25, -0.2) is 17.6 Å². The van der Waals surface area contributed by atoms with Crippen molar-refractivity contribution in [3.63, 3.8) is 0 Å². The predicted octanol–water partition coefficient (Wildman–Crippen LogP) is 3.63. The highest BCUT2D eigenvalue weighted by atomic mass is 32.2. The summed E-state index contributed by atoms with van der Waals surface area (Å²) in [6, 6.07) is 16.8. The maximum atomic E-state index is 13.8. The zero-order valence-electron chi connectivity index (χ0n) is 16.3. The van der Waals surface area contributed by atoms with Crippen LogP contribution < -0.4 is 20.7 Å². The smallest absolute Gasteiger partial charge is 0.318 e. The number of benzene rings is 3. The standard InChI is InChI=1S/C21H19FN4O4S/c1-23-21(28)25-16-11-9-15(10-12-16)24-20(27)14-5-4-6-17(13-14)31(29,30)26-19-8-3-2-7-18(19)22/h2-13,26H,1H3,(H,24,27)(H2,23,25,28). The fourth-order valence-electron chi connectivity index (χ4n) is 2.59. The first-order valence-corrected chi connectivity index (χ1v) is 10.5. The van der Waals surface area contributed by atoms with Crippen molar-refractivity contribution in [1.29, 1.82) is 0 Å². The van der Waals surface area contributed by atoms with Crippen molar-refractivity contribution in [3.05, 3.63) is 84.2 Å². The monoisotopic (exact) mass is 442 g/mol. The van der Waals surface area contributed by atoms with Gasteiger partial charge in [-0.1, -0.05) is 18.2 Å². The fourth-order valence-corrected chi connectivity index (χ4v) is 3.70. The quantitative estimate of drug-likeness (QED) is 0.466. The van der Waals surface area contributed by atoms with Crippen LogP contribution >= 0.6 is 0 Å². The molecular weight excluding hydrogens is 423 g/mol. The summed E-state index contributed by atoms with van der Waals surface area (Å²) in [6.45, 7) is 0. The zero-order chi connectivity index (χ0) is 22.4. The lowest BCUT2D eigenvalue weighted by atomic mass is 10.2. The van der Waals surface area contributed by atoms with E-state index in [1.54, 1.807) is 24.3 Å².